The van der Waals surface area contributed by atoms with Crippen LogP contribution in [-0.2, 0) is 6.54 Å². The first-order valence-corrected chi connectivity index (χ1v) is 7.67. The van der Waals surface area contributed by atoms with Gasteiger partial charge in [0.25, 0.3) is 0 Å². The summed E-state index contributed by atoms with van der Waals surface area (Å²) in [6.07, 6.45) is 1.81. The molecule has 4 nitrogen and oxygen atoms in total. The Morgan fingerprint density at radius 3 is 3.10 bits per heavy atom. The van der Waals surface area contributed by atoms with Gasteiger partial charge >= 0.3 is 0 Å². The SMILES string of the molecule is C[C@H]1CNCCN1Cc1ncc(-c2ccccc2Br)o1. The lowest BCUT2D eigenvalue weighted by Gasteiger charge is -2.32. The summed E-state index contributed by atoms with van der Waals surface area (Å²) >= 11 is 3.54. The summed E-state index contributed by atoms with van der Waals surface area (Å²) in [5.74, 6) is 1.60. The molecule has 5 heteroatoms. The minimum atomic E-state index is 0.516. The Kier molecular flexibility index (Phi) is 4.19. The van der Waals surface area contributed by atoms with Crippen LogP contribution in [0, 0.1) is 0 Å². The van der Waals surface area contributed by atoms with Gasteiger partial charge in [0.1, 0.15) is 0 Å². The zero-order chi connectivity index (χ0) is 13.9. The van der Waals surface area contributed by atoms with Crippen molar-refractivity contribution < 1.29 is 4.42 Å². The van der Waals surface area contributed by atoms with Crippen molar-refractivity contribution in [3.05, 3.63) is 40.8 Å². The summed E-state index contributed by atoms with van der Waals surface area (Å²) in [7, 11) is 0. The second-order valence-electron chi connectivity index (χ2n) is 5.12. The van der Waals surface area contributed by atoms with Gasteiger partial charge in [0.2, 0.25) is 5.89 Å². The number of hydrogen-bond acceptors (Lipinski definition) is 4. The average Bonchev–Trinajstić information content (AvgIpc) is 2.90. The van der Waals surface area contributed by atoms with E-state index in [1.54, 1.807) is 0 Å². The van der Waals surface area contributed by atoms with Gasteiger partial charge in [-0.15, -0.1) is 0 Å². The van der Waals surface area contributed by atoms with Gasteiger partial charge in [-0.3, -0.25) is 4.90 Å². The van der Waals surface area contributed by atoms with Crippen LogP contribution in [0.2, 0.25) is 0 Å². The first-order valence-electron chi connectivity index (χ1n) is 6.88. The van der Waals surface area contributed by atoms with Crippen LogP contribution >= 0.6 is 15.9 Å². The number of piperazine rings is 1. The van der Waals surface area contributed by atoms with Gasteiger partial charge in [-0.2, -0.15) is 0 Å². The molecular formula is C15H18BrN3O. The molecule has 3 rings (SSSR count). The first kappa shape index (κ1) is 13.8. The minimum Gasteiger partial charge on any atom is -0.439 e. The highest BCUT2D eigenvalue weighted by Gasteiger charge is 2.20. The van der Waals surface area contributed by atoms with E-state index >= 15 is 0 Å². The maximum absolute atomic E-state index is 5.90. The quantitative estimate of drug-likeness (QED) is 0.936. The van der Waals surface area contributed by atoms with Crippen LogP contribution in [-0.4, -0.2) is 35.6 Å². The molecule has 0 bridgehead atoms. The van der Waals surface area contributed by atoms with E-state index in [-0.39, 0.29) is 0 Å². The van der Waals surface area contributed by atoms with Crippen molar-refractivity contribution in [3.8, 4) is 11.3 Å². The topological polar surface area (TPSA) is 41.3 Å². The van der Waals surface area contributed by atoms with Crippen LogP contribution in [0.4, 0.5) is 0 Å². The van der Waals surface area contributed by atoms with Crippen molar-refractivity contribution in [2.75, 3.05) is 19.6 Å². The Morgan fingerprint density at radius 2 is 2.30 bits per heavy atom. The summed E-state index contributed by atoms with van der Waals surface area (Å²) in [5, 5.41) is 3.39. The predicted molar refractivity (Wildman–Crippen MR) is 82.4 cm³/mol. The maximum atomic E-state index is 5.90. The van der Waals surface area contributed by atoms with Crippen LogP contribution in [0.15, 0.2) is 39.4 Å². The van der Waals surface area contributed by atoms with Crippen LogP contribution < -0.4 is 5.32 Å². The number of halogens is 1. The third-order valence-electron chi connectivity index (χ3n) is 3.67. The highest BCUT2D eigenvalue weighted by molar-refractivity contribution is 9.10. The largest absolute Gasteiger partial charge is 0.439 e. The molecule has 0 spiro atoms. The second-order valence-corrected chi connectivity index (χ2v) is 5.98. The summed E-state index contributed by atoms with van der Waals surface area (Å²) in [5.41, 5.74) is 1.04. The van der Waals surface area contributed by atoms with E-state index in [1.807, 2.05) is 30.5 Å². The fourth-order valence-electron chi connectivity index (χ4n) is 2.46. The summed E-state index contributed by atoms with van der Waals surface area (Å²) < 4.78 is 6.92. The van der Waals surface area contributed by atoms with Crippen molar-refractivity contribution in [1.82, 2.24) is 15.2 Å². The smallest absolute Gasteiger partial charge is 0.209 e. The highest BCUT2D eigenvalue weighted by atomic mass is 79.9. The molecule has 1 aromatic carbocycles. The molecule has 0 amide bonds. The Bertz CT molecular complexity index is 584. The van der Waals surface area contributed by atoms with E-state index in [0.717, 1.165) is 47.9 Å². The number of aromatic nitrogens is 1. The summed E-state index contributed by atoms with van der Waals surface area (Å²) in [6.45, 7) is 6.09. The Labute approximate surface area is 127 Å². The third-order valence-corrected chi connectivity index (χ3v) is 4.36. The van der Waals surface area contributed by atoms with Gasteiger partial charge in [0, 0.05) is 35.7 Å². The molecule has 0 aliphatic carbocycles. The molecule has 1 aliphatic rings. The number of rotatable bonds is 3. The van der Waals surface area contributed by atoms with Gasteiger partial charge < -0.3 is 9.73 Å². The molecule has 0 saturated carbocycles. The first-order chi connectivity index (χ1) is 9.74. The molecule has 2 aromatic rings. The number of oxazole rings is 1. The van der Waals surface area contributed by atoms with Crippen molar-refractivity contribution in [2.45, 2.75) is 19.5 Å². The van der Waals surface area contributed by atoms with Crippen molar-refractivity contribution in [2.24, 2.45) is 0 Å². The number of nitrogens with one attached hydrogen (secondary N) is 1. The highest BCUT2D eigenvalue weighted by Crippen LogP contribution is 2.28. The van der Waals surface area contributed by atoms with E-state index in [9.17, 15) is 0 Å². The Hall–Kier alpha value is -1.17. The van der Waals surface area contributed by atoms with Gasteiger partial charge in [-0.1, -0.05) is 34.1 Å². The average molecular weight is 336 g/mol. The third kappa shape index (κ3) is 2.95. The molecular weight excluding hydrogens is 318 g/mol. The van der Waals surface area contributed by atoms with Crippen LogP contribution in [0.25, 0.3) is 11.3 Å². The summed E-state index contributed by atoms with van der Waals surface area (Å²) in [4.78, 5) is 6.81. The molecule has 1 atom stereocenters. The van der Waals surface area contributed by atoms with Gasteiger partial charge in [0.05, 0.1) is 12.7 Å². The minimum absolute atomic E-state index is 0.516. The Morgan fingerprint density at radius 1 is 1.45 bits per heavy atom. The zero-order valence-corrected chi connectivity index (χ0v) is 13.1. The lowest BCUT2D eigenvalue weighted by Crippen LogP contribution is -2.49. The predicted octanol–water partition coefficient (Wildman–Crippen LogP) is 2.90. The second kappa shape index (κ2) is 6.08. The van der Waals surface area contributed by atoms with Crippen LogP contribution in [0.5, 0.6) is 0 Å². The lowest BCUT2D eigenvalue weighted by molar-refractivity contribution is 0.151. The molecule has 1 N–H and O–H groups in total. The maximum Gasteiger partial charge on any atom is 0.209 e. The number of nitrogens with zero attached hydrogens (tertiary/aromatic N) is 2. The van der Waals surface area contributed by atoms with E-state index in [1.165, 1.54) is 0 Å². The molecule has 1 fully saturated rings. The van der Waals surface area contributed by atoms with Crippen molar-refractivity contribution in [3.63, 3.8) is 0 Å². The van der Waals surface area contributed by atoms with Crippen LogP contribution in [0.3, 0.4) is 0 Å². The molecule has 1 aromatic heterocycles. The molecule has 1 aliphatic heterocycles. The fraction of sp³-hybridized carbons (Fsp3) is 0.400. The standard InChI is InChI=1S/C15H18BrN3O/c1-11-8-17-6-7-19(11)10-15-18-9-14(20-15)12-4-2-3-5-13(12)16/h2-5,9,11,17H,6-8,10H2,1H3/t11-/m0/s1. The van der Waals surface area contributed by atoms with Crippen LogP contribution in [0.1, 0.15) is 12.8 Å². The van der Waals surface area contributed by atoms with Crippen molar-refractivity contribution in [1.29, 1.82) is 0 Å². The molecule has 0 unspecified atom stereocenters. The monoisotopic (exact) mass is 335 g/mol. The molecule has 2 heterocycles. The number of hydrogen-bond donors (Lipinski definition) is 1. The van der Waals surface area contributed by atoms with Gasteiger partial charge in [-0.05, 0) is 13.0 Å². The van der Waals surface area contributed by atoms with E-state index in [0.29, 0.717) is 6.04 Å². The number of benzene rings is 1. The van der Waals surface area contributed by atoms with Gasteiger partial charge in [-0.25, -0.2) is 4.98 Å². The zero-order valence-electron chi connectivity index (χ0n) is 11.5. The van der Waals surface area contributed by atoms with E-state index in [4.69, 9.17) is 4.42 Å². The molecule has 0 radical (unpaired) electrons. The lowest BCUT2D eigenvalue weighted by atomic mass is 10.2. The van der Waals surface area contributed by atoms with Gasteiger partial charge in [0.15, 0.2) is 5.76 Å². The molecule has 20 heavy (non-hydrogen) atoms. The van der Waals surface area contributed by atoms with Crippen molar-refractivity contribution >= 4 is 15.9 Å². The Balaban J connectivity index is 1.75. The molecule has 1 saturated heterocycles. The van der Waals surface area contributed by atoms with E-state index in [2.05, 4.69) is 38.1 Å². The van der Waals surface area contributed by atoms with E-state index < -0.39 is 0 Å². The summed E-state index contributed by atoms with van der Waals surface area (Å²) in [6, 6.07) is 8.55. The molecule has 106 valence electrons. The fourth-order valence-corrected chi connectivity index (χ4v) is 2.94. The normalized spacial score (nSPS) is 20.2.